The maximum atomic E-state index is 12.9. The SMILES string of the molecule is COc1ccc(NS(=O)(=O)c2ccc(C(=O)N3CCC(N4CCCC4)CC3)cc2)cc1. The number of carbonyl (C=O) groups excluding carboxylic acids is 1. The molecule has 0 aromatic heterocycles. The van der Waals surface area contributed by atoms with Crippen LogP contribution in [0, 0.1) is 0 Å². The van der Waals surface area contributed by atoms with Gasteiger partial charge in [0.05, 0.1) is 12.0 Å². The van der Waals surface area contributed by atoms with Gasteiger partial charge in [0.15, 0.2) is 0 Å². The number of benzene rings is 2. The lowest BCUT2D eigenvalue weighted by Crippen LogP contribution is -2.45. The molecule has 7 nitrogen and oxygen atoms in total. The fraction of sp³-hybridized carbons (Fsp3) is 0.435. The molecule has 0 bridgehead atoms. The molecule has 2 aromatic carbocycles. The van der Waals surface area contributed by atoms with E-state index in [4.69, 9.17) is 4.74 Å². The topological polar surface area (TPSA) is 78.9 Å². The van der Waals surface area contributed by atoms with Gasteiger partial charge in [0.25, 0.3) is 15.9 Å². The Morgan fingerprint density at radius 3 is 2.13 bits per heavy atom. The molecule has 2 saturated heterocycles. The number of likely N-dealkylation sites (tertiary alicyclic amines) is 2. The number of sulfonamides is 1. The number of nitrogens with one attached hydrogen (secondary N) is 1. The highest BCUT2D eigenvalue weighted by molar-refractivity contribution is 7.92. The molecule has 2 aromatic rings. The van der Waals surface area contributed by atoms with Crippen molar-refractivity contribution in [3.8, 4) is 5.75 Å². The number of anilines is 1. The number of rotatable bonds is 6. The van der Waals surface area contributed by atoms with Gasteiger partial charge in [-0.1, -0.05) is 0 Å². The Labute approximate surface area is 184 Å². The van der Waals surface area contributed by atoms with E-state index in [1.807, 2.05) is 4.90 Å². The first-order valence-electron chi connectivity index (χ1n) is 10.8. The summed E-state index contributed by atoms with van der Waals surface area (Å²) in [6.45, 7) is 3.86. The Morgan fingerprint density at radius 1 is 0.935 bits per heavy atom. The summed E-state index contributed by atoms with van der Waals surface area (Å²) in [6.07, 6.45) is 4.57. The smallest absolute Gasteiger partial charge is 0.261 e. The molecular weight excluding hydrogens is 414 g/mol. The lowest BCUT2D eigenvalue weighted by molar-refractivity contribution is 0.0644. The van der Waals surface area contributed by atoms with E-state index in [2.05, 4.69) is 9.62 Å². The van der Waals surface area contributed by atoms with Crippen molar-refractivity contribution in [3.05, 3.63) is 54.1 Å². The molecule has 0 atom stereocenters. The number of hydrogen-bond acceptors (Lipinski definition) is 5. The standard InChI is InChI=1S/C23H29N3O4S/c1-30-21-8-6-19(7-9-21)24-31(28,29)22-10-4-18(5-11-22)23(27)26-16-12-20(13-17-26)25-14-2-3-15-25/h4-11,20,24H,2-3,12-17H2,1H3. The number of ether oxygens (including phenoxy) is 1. The van der Waals surface area contributed by atoms with E-state index in [0.29, 0.717) is 23.0 Å². The molecule has 0 spiro atoms. The van der Waals surface area contributed by atoms with Crippen LogP contribution in [0.5, 0.6) is 5.75 Å². The van der Waals surface area contributed by atoms with Crippen molar-refractivity contribution < 1.29 is 17.9 Å². The Morgan fingerprint density at radius 2 is 1.55 bits per heavy atom. The fourth-order valence-electron chi connectivity index (χ4n) is 4.37. The van der Waals surface area contributed by atoms with Crippen LogP contribution in [0.25, 0.3) is 0 Å². The number of amides is 1. The molecule has 0 saturated carbocycles. The molecular formula is C23H29N3O4S. The molecule has 2 aliphatic rings. The van der Waals surface area contributed by atoms with Gasteiger partial charge >= 0.3 is 0 Å². The number of piperidine rings is 1. The summed E-state index contributed by atoms with van der Waals surface area (Å²) >= 11 is 0. The van der Waals surface area contributed by atoms with E-state index in [1.54, 1.807) is 43.5 Å². The molecule has 2 heterocycles. The van der Waals surface area contributed by atoms with Crippen LogP contribution in [0.1, 0.15) is 36.0 Å². The van der Waals surface area contributed by atoms with Crippen LogP contribution in [0.2, 0.25) is 0 Å². The van der Waals surface area contributed by atoms with Crippen LogP contribution in [-0.4, -0.2) is 63.5 Å². The third-order valence-electron chi connectivity index (χ3n) is 6.16. The molecule has 0 aliphatic carbocycles. The van der Waals surface area contributed by atoms with E-state index < -0.39 is 10.0 Å². The van der Waals surface area contributed by atoms with Gasteiger partial charge in [0.2, 0.25) is 0 Å². The first kappa shape index (κ1) is 21.6. The van der Waals surface area contributed by atoms with Gasteiger partial charge in [-0.2, -0.15) is 0 Å². The maximum Gasteiger partial charge on any atom is 0.261 e. The Balaban J connectivity index is 1.37. The average Bonchev–Trinajstić information content (AvgIpc) is 3.34. The van der Waals surface area contributed by atoms with Crippen molar-refractivity contribution in [2.24, 2.45) is 0 Å². The molecule has 0 radical (unpaired) electrons. The van der Waals surface area contributed by atoms with Crippen molar-refractivity contribution in [1.29, 1.82) is 0 Å². The largest absolute Gasteiger partial charge is 0.497 e. The van der Waals surface area contributed by atoms with Gasteiger partial charge in [-0.15, -0.1) is 0 Å². The average molecular weight is 444 g/mol. The van der Waals surface area contributed by atoms with Crippen molar-refractivity contribution in [2.45, 2.75) is 36.6 Å². The van der Waals surface area contributed by atoms with Crippen molar-refractivity contribution in [3.63, 3.8) is 0 Å². The third kappa shape index (κ3) is 5.02. The lowest BCUT2D eigenvalue weighted by atomic mass is 10.0. The van der Waals surface area contributed by atoms with Crippen LogP contribution in [0.15, 0.2) is 53.4 Å². The zero-order chi connectivity index (χ0) is 21.8. The normalized spacial score (nSPS) is 18.2. The van der Waals surface area contributed by atoms with E-state index in [1.165, 1.54) is 38.1 Å². The quantitative estimate of drug-likeness (QED) is 0.742. The first-order chi connectivity index (χ1) is 15.0. The molecule has 31 heavy (non-hydrogen) atoms. The number of nitrogens with zero attached hydrogens (tertiary/aromatic N) is 2. The number of hydrogen-bond donors (Lipinski definition) is 1. The molecule has 166 valence electrons. The maximum absolute atomic E-state index is 12.9. The third-order valence-corrected chi connectivity index (χ3v) is 7.56. The van der Waals surface area contributed by atoms with Crippen LogP contribution in [0.3, 0.4) is 0 Å². The Bertz CT molecular complexity index is 992. The summed E-state index contributed by atoms with van der Waals surface area (Å²) in [5.41, 5.74) is 0.963. The second-order valence-corrected chi connectivity index (χ2v) is 9.81. The second kappa shape index (κ2) is 9.28. The minimum Gasteiger partial charge on any atom is -0.497 e. The zero-order valence-corrected chi connectivity index (χ0v) is 18.6. The van der Waals surface area contributed by atoms with Gasteiger partial charge in [-0.25, -0.2) is 8.42 Å². The van der Waals surface area contributed by atoms with Crippen molar-refractivity contribution >= 4 is 21.6 Å². The zero-order valence-electron chi connectivity index (χ0n) is 17.8. The van der Waals surface area contributed by atoms with Crippen LogP contribution < -0.4 is 9.46 Å². The molecule has 8 heteroatoms. The second-order valence-electron chi connectivity index (χ2n) is 8.12. The van der Waals surface area contributed by atoms with Crippen LogP contribution >= 0.6 is 0 Å². The highest BCUT2D eigenvalue weighted by atomic mass is 32.2. The monoisotopic (exact) mass is 443 g/mol. The van der Waals surface area contributed by atoms with Gasteiger partial charge < -0.3 is 14.5 Å². The van der Waals surface area contributed by atoms with E-state index >= 15 is 0 Å². The summed E-state index contributed by atoms with van der Waals surface area (Å²) in [6, 6.07) is 13.4. The van der Waals surface area contributed by atoms with Gasteiger partial charge in [-0.3, -0.25) is 9.52 Å². The lowest BCUT2D eigenvalue weighted by Gasteiger charge is -2.36. The summed E-state index contributed by atoms with van der Waals surface area (Å²) in [7, 11) is -2.18. The van der Waals surface area contributed by atoms with E-state index in [0.717, 1.165) is 25.9 Å². The number of carbonyl (C=O) groups is 1. The molecule has 0 unspecified atom stereocenters. The first-order valence-corrected chi connectivity index (χ1v) is 12.2. The predicted octanol–water partition coefficient (Wildman–Crippen LogP) is 3.20. The van der Waals surface area contributed by atoms with Gasteiger partial charge in [0.1, 0.15) is 5.75 Å². The molecule has 2 fully saturated rings. The highest BCUT2D eigenvalue weighted by Crippen LogP contribution is 2.23. The molecule has 1 amide bonds. The summed E-state index contributed by atoms with van der Waals surface area (Å²) in [5.74, 6) is 0.613. The number of methoxy groups -OCH3 is 1. The summed E-state index contributed by atoms with van der Waals surface area (Å²) < 4.78 is 32.9. The Hall–Kier alpha value is -2.58. The van der Waals surface area contributed by atoms with Gasteiger partial charge in [0, 0.05) is 30.4 Å². The van der Waals surface area contributed by atoms with Gasteiger partial charge in [-0.05, 0) is 87.3 Å². The minimum atomic E-state index is -3.74. The molecule has 4 rings (SSSR count). The molecule has 2 aliphatic heterocycles. The highest BCUT2D eigenvalue weighted by Gasteiger charge is 2.28. The van der Waals surface area contributed by atoms with Crippen LogP contribution in [0.4, 0.5) is 5.69 Å². The molecule has 1 N–H and O–H groups in total. The minimum absolute atomic E-state index is 0.0352. The van der Waals surface area contributed by atoms with Crippen molar-refractivity contribution in [2.75, 3.05) is 38.0 Å². The summed E-state index contributed by atoms with van der Waals surface area (Å²) in [5, 5.41) is 0. The summed E-state index contributed by atoms with van der Waals surface area (Å²) in [4.78, 5) is 17.4. The Kier molecular flexibility index (Phi) is 6.48. The fourth-order valence-corrected chi connectivity index (χ4v) is 5.43. The van der Waals surface area contributed by atoms with Crippen molar-refractivity contribution in [1.82, 2.24) is 9.80 Å². The van der Waals surface area contributed by atoms with Crippen LogP contribution in [-0.2, 0) is 10.0 Å². The predicted molar refractivity (Wildman–Crippen MR) is 120 cm³/mol. The van der Waals surface area contributed by atoms with E-state index in [9.17, 15) is 13.2 Å². The van der Waals surface area contributed by atoms with E-state index in [-0.39, 0.29) is 10.8 Å².